The van der Waals surface area contributed by atoms with Gasteiger partial charge in [0.15, 0.2) is 0 Å². The van der Waals surface area contributed by atoms with Crippen LogP contribution in [0.5, 0.6) is 0 Å². The molecule has 0 radical (unpaired) electrons. The van der Waals surface area contributed by atoms with E-state index >= 15 is 0 Å². The van der Waals surface area contributed by atoms with Gasteiger partial charge >= 0.3 is 0 Å². The first kappa shape index (κ1) is 15.9. The molecule has 2 rings (SSSR count). The normalized spacial score (nSPS) is 22.8. The summed E-state index contributed by atoms with van der Waals surface area (Å²) in [6.45, 7) is 0. The van der Waals surface area contributed by atoms with Crippen LogP contribution in [0.15, 0.2) is 29.2 Å². The molecule has 1 aromatic rings. The molecule has 116 valence electrons. The highest BCUT2D eigenvalue weighted by molar-refractivity contribution is 7.89. The zero-order valence-corrected chi connectivity index (χ0v) is 12.7. The van der Waals surface area contributed by atoms with Crippen molar-refractivity contribution in [3.8, 4) is 0 Å². The third kappa shape index (κ3) is 4.03. The van der Waals surface area contributed by atoms with Crippen LogP contribution < -0.4 is 10.0 Å². The second kappa shape index (κ2) is 6.55. The van der Waals surface area contributed by atoms with Gasteiger partial charge in [-0.05, 0) is 57.0 Å². The van der Waals surface area contributed by atoms with E-state index in [1.54, 1.807) is 0 Å². The second-order valence-electron chi connectivity index (χ2n) is 5.21. The molecule has 3 N–H and O–H groups in total. The maximum atomic E-state index is 12.1. The van der Waals surface area contributed by atoms with Gasteiger partial charge in [0.05, 0.1) is 11.0 Å². The first-order chi connectivity index (χ1) is 9.92. The molecule has 1 fully saturated rings. The van der Waals surface area contributed by atoms with E-state index in [1.807, 2.05) is 0 Å². The van der Waals surface area contributed by atoms with Crippen LogP contribution in [0.4, 0.5) is 0 Å². The van der Waals surface area contributed by atoms with Gasteiger partial charge in [0, 0.05) is 11.6 Å². The summed E-state index contributed by atoms with van der Waals surface area (Å²) in [6.07, 6.45) is 2.66. The maximum absolute atomic E-state index is 12.1. The number of hydrogen-bond donors (Lipinski definition) is 3. The lowest BCUT2D eigenvalue weighted by Crippen LogP contribution is -2.38. The number of amides is 1. The van der Waals surface area contributed by atoms with Crippen molar-refractivity contribution >= 4 is 15.9 Å². The van der Waals surface area contributed by atoms with Crippen LogP contribution >= 0.6 is 0 Å². The number of sulfonamides is 1. The number of carbonyl (C=O) groups is 1. The highest BCUT2D eigenvalue weighted by atomic mass is 32.2. The average Bonchev–Trinajstić information content (AvgIpc) is 2.49. The molecule has 6 nitrogen and oxygen atoms in total. The van der Waals surface area contributed by atoms with E-state index in [2.05, 4.69) is 10.0 Å². The smallest absolute Gasteiger partial charge is 0.251 e. The topological polar surface area (TPSA) is 95.5 Å². The highest BCUT2D eigenvalue weighted by Gasteiger charge is 2.21. The fraction of sp³-hybridized carbons (Fsp3) is 0.500. The van der Waals surface area contributed by atoms with Crippen molar-refractivity contribution in [3.05, 3.63) is 29.8 Å². The van der Waals surface area contributed by atoms with Crippen LogP contribution in [-0.4, -0.2) is 38.6 Å². The van der Waals surface area contributed by atoms with Crippen molar-refractivity contribution in [2.24, 2.45) is 0 Å². The molecule has 1 amide bonds. The van der Waals surface area contributed by atoms with Crippen LogP contribution in [0.2, 0.25) is 0 Å². The standard InChI is InChI=1S/C14H20N2O4S/c1-15-21(19,20)13-8-2-10(3-9-13)14(18)16-11-4-6-12(17)7-5-11/h2-3,8-9,11-12,15,17H,4-7H2,1H3,(H,16,18). The predicted octanol–water partition coefficient (Wildman–Crippen LogP) is 0.628. The second-order valence-corrected chi connectivity index (χ2v) is 7.10. The molecule has 1 saturated carbocycles. The predicted molar refractivity (Wildman–Crippen MR) is 78.4 cm³/mol. The first-order valence-electron chi connectivity index (χ1n) is 6.95. The molecule has 0 unspecified atom stereocenters. The summed E-state index contributed by atoms with van der Waals surface area (Å²) >= 11 is 0. The zero-order valence-electron chi connectivity index (χ0n) is 11.9. The monoisotopic (exact) mass is 312 g/mol. The molecule has 0 aromatic heterocycles. The van der Waals surface area contributed by atoms with E-state index in [9.17, 15) is 18.3 Å². The quantitative estimate of drug-likeness (QED) is 0.760. The van der Waals surface area contributed by atoms with Crippen LogP contribution in [0.3, 0.4) is 0 Å². The van der Waals surface area contributed by atoms with Crippen molar-refractivity contribution in [2.75, 3.05) is 7.05 Å². The summed E-state index contributed by atoms with van der Waals surface area (Å²) in [7, 11) is -2.14. The number of benzene rings is 1. The Balaban J connectivity index is 2.00. The fourth-order valence-electron chi connectivity index (χ4n) is 2.39. The number of nitrogens with one attached hydrogen (secondary N) is 2. The van der Waals surface area contributed by atoms with Gasteiger partial charge in [-0.1, -0.05) is 0 Å². The minimum Gasteiger partial charge on any atom is -0.393 e. The van der Waals surface area contributed by atoms with E-state index in [-0.39, 0.29) is 22.9 Å². The Morgan fingerprint density at radius 3 is 2.24 bits per heavy atom. The zero-order chi connectivity index (χ0) is 15.5. The molecule has 0 spiro atoms. The molecule has 1 aliphatic rings. The molecule has 0 atom stereocenters. The lowest BCUT2D eigenvalue weighted by atomic mass is 9.93. The van der Waals surface area contributed by atoms with Crippen molar-refractivity contribution in [2.45, 2.75) is 42.7 Å². The van der Waals surface area contributed by atoms with Crippen LogP contribution in [0.25, 0.3) is 0 Å². The van der Waals surface area contributed by atoms with E-state index < -0.39 is 10.0 Å². The maximum Gasteiger partial charge on any atom is 0.251 e. The lowest BCUT2D eigenvalue weighted by Gasteiger charge is -2.26. The summed E-state index contributed by atoms with van der Waals surface area (Å²) in [5.74, 6) is -0.218. The molecule has 7 heteroatoms. The number of aliphatic hydroxyl groups excluding tert-OH is 1. The summed E-state index contributed by atoms with van der Waals surface area (Å²) < 4.78 is 25.4. The molecular formula is C14H20N2O4S. The highest BCUT2D eigenvalue weighted by Crippen LogP contribution is 2.19. The third-order valence-electron chi connectivity index (χ3n) is 3.73. The molecule has 0 saturated heterocycles. The van der Waals surface area contributed by atoms with Crippen molar-refractivity contribution < 1.29 is 18.3 Å². The van der Waals surface area contributed by atoms with Crippen molar-refractivity contribution in [1.29, 1.82) is 0 Å². The molecule has 0 aliphatic heterocycles. The number of hydrogen-bond acceptors (Lipinski definition) is 4. The Morgan fingerprint density at radius 1 is 1.14 bits per heavy atom. The van der Waals surface area contributed by atoms with Gasteiger partial charge in [0.2, 0.25) is 10.0 Å². The van der Waals surface area contributed by atoms with E-state index in [0.29, 0.717) is 18.4 Å². The summed E-state index contributed by atoms with van der Waals surface area (Å²) in [5, 5.41) is 12.3. The van der Waals surface area contributed by atoms with E-state index in [1.165, 1.54) is 31.3 Å². The van der Waals surface area contributed by atoms with Crippen LogP contribution in [0, 0.1) is 0 Å². The van der Waals surface area contributed by atoms with Gasteiger partial charge < -0.3 is 10.4 Å². The SMILES string of the molecule is CNS(=O)(=O)c1ccc(C(=O)NC2CCC(O)CC2)cc1. The molecular weight excluding hydrogens is 292 g/mol. The summed E-state index contributed by atoms with van der Waals surface area (Å²) in [5.41, 5.74) is 0.427. The summed E-state index contributed by atoms with van der Waals surface area (Å²) in [6, 6.07) is 5.88. The van der Waals surface area contributed by atoms with Gasteiger partial charge in [-0.3, -0.25) is 4.79 Å². The fourth-order valence-corrected chi connectivity index (χ4v) is 3.12. The van der Waals surface area contributed by atoms with Gasteiger partial charge in [0.1, 0.15) is 0 Å². The number of rotatable bonds is 4. The van der Waals surface area contributed by atoms with Crippen molar-refractivity contribution in [3.63, 3.8) is 0 Å². The Morgan fingerprint density at radius 2 is 1.71 bits per heavy atom. The van der Waals surface area contributed by atoms with E-state index in [4.69, 9.17) is 0 Å². The molecule has 1 aliphatic carbocycles. The van der Waals surface area contributed by atoms with Crippen LogP contribution in [0.1, 0.15) is 36.0 Å². The third-order valence-corrected chi connectivity index (χ3v) is 5.16. The van der Waals surface area contributed by atoms with Crippen LogP contribution in [-0.2, 0) is 10.0 Å². The average molecular weight is 312 g/mol. The molecule has 21 heavy (non-hydrogen) atoms. The molecule has 0 bridgehead atoms. The molecule has 0 heterocycles. The summed E-state index contributed by atoms with van der Waals surface area (Å²) in [4.78, 5) is 12.2. The Hall–Kier alpha value is -1.44. The Bertz CT molecular complexity index is 590. The van der Waals surface area contributed by atoms with E-state index in [0.717, 1.165) is 12.8 Å². The van der Waals surface area contributed by atoms with Crippen molar-refractivity contribution in [1.82, 2.24) is 10.0 Å². The largest absolute Gasteiger partial charge is 0.393 e. The van der Waals surface area contributed by atoms with Gasteiger partial charge in [0.25, 0.3) is 5.91 Å². The Labute approximate surface area is 124 Å². The minimum atomic E-state index is -3.48. The minimum absolute atomic E-state index is 0.0709. The van der Waals surface area contributed by atoms with Gasteiger partial charge in [-0.15, -0.1) is 0 Å². The van der Waals surface area contributed by atoms with Gasteiger partial charge in [-0.25, -0.2) is 13.1 Å². The lowest BCUT2D eigenvalue weighted by molar-refractivity contribution is 0.0867. The first-order valence-corrected chi connectivity index (χ1v) is 8.43. The van der Waals surface area contributed by atoms with Gasteiger partial charge in [-0.2, -0.15) is 0 Å². The molecule has 1 aromatic carbocycles. The Kier molecular flexibility index (Phi) is 4.97. The number of aliphatic hydroxyl groups is 1. The number of carbonyl (C=O) groups excluding carboxylic acids is 1.